The van der Waals surface area contributed by atoms with Gasteiger partial charge in [0.1, 0.15) is 29.3 Å². The molecule has 0 saturated carbocycles. The number of sulfonamides is 1. The third kappa shape index (κ3) is 31.1. The molecule has 7 heterocycles. The second kappa shape index (κ2) is 50.1. The zero-order chi connectivity index (χ0) is 94.9. The van der Waals surface area contributed by atoms with Crippen LogP contribution < -0.4 is 60.9 Å². The van der Waals surface area contributed by atoms with Gasteiger partial charge in [0, 0.05) is 67.7 Å². The fraction of sp³-hybridized carbons (Fsp3) is 0.281. The zero-order valence-corrected chi connectivity index (χ0v) is 78.2. The van der Waals surface area contributed by atoms with Crippen LogP contribution in [0.25, 0.3) is 0 Å². The number of hydrogen-bond donors (Lipinski definition) is 7. The molecule has 14 amide bonds. The first-order valence-corrected chi connectivity index (χ1v) is 45.6. The second-order valence-corrected chi connectivity index (χ2v) is 34.7. The first-order chi connectivity index (χ1) is 61.9. The van der Waals surface area contributed by atoms with Gasteiger partial charge in [-0.1, -0.05) is 171 Å². The number of aromatic nitrogens is 3. The van der Waals surface area contributed by atoms with E-state index in [1.54, 1.807) is 96.9 Å². The van der Waals surface area contributed by atoms with E-state index in [4.69, 9.17) is 13.6 Å². The minimum absolute atomic E-state index is 0. The first kappa shape index (κ1) is 104. The summed E-state index contributed by atoms with van der Waals surface area (Å²) in [6.07, 6.45) is 0.828. The van der Waals surface area contributed by atoms with Gasteiger partial charge in [0.25, 0.3) is 29.5 Å². The highest BCUT2D eigenvalue weighted by atomic mass is 32.2. The number of benzene rings is 9. The smallest absolute Gasteiger partial charge is 0.361 e. The Labute approximate surface area is 769 Å². The number of anilines is 8. The van der Waals surface area contributed by atoms with Crippen molar-refractivity contribution < 1.29 is 74.5 Å². The summed E-state index contributed by atoms with van der Waals surface area (Å²) in [7, 11) is -3.06. The molecule has 16 rings (SSSR count). The number of likely N-dealkylation sites (N-methyl/N-ethyl adjacent to an activating group) is 1. The summed E-state index contributed by atoms with van der Waals surface area (Å²) in [5.41, 5.74) is 18.8. The molecule has 0 radical (unpaired) electrons. The molecular weight excluding hydrogens is 1730 g/mol. The summed E-state index contributed by atoms with van der Waals surface area (Å²) < 4.78 is 56.2. The number of rotatable bonds is 17. The first-order valence-electron chi connectivity index (χ1n) is 41.7. The predicted octanol–water partition coefficient (Wildman–Crippen LogP) is 17.3. The number of fused-ring (bicyclic) bond motifs is 1. The van der Waals surface area contributed by atoms with E-state index >= 15 is 0 Å². The molecule has 9 aromatic carbocycles. The molecule has 0 aliphatic carbocycles. The van der Waals surface area contributed by atoms with Gasteiger partial charge in [0.05, 0.1) is 54.0 Å². The molecular formula is C96H115N16O16PS2. The summed E-state index contributed by atoms with van der Waals surface area (Å²) in [6, 6.07) is 67.0. The Balaban J connectivity index is 0.000000202. The van der Waals surface area contributed by atoms with Crippen LogP contribution in [-0.2, 0) is 44.4 Å². The van der Waals surface area contributed by atoms with Gasteiger partial charge in [0.15, 0.2) is 0 Å². The molecule has 131 heavy (non-hydrogen) atoms. The number of amides is 14. The minimum atomic E-state index is -3.21. The van der Waals surface area contributed by atoms with Crippen LogP contribution in [0.3, 0.4) is 0 Å². The Morgan fingerprint density at radius 1 is 0.511 bits per heavy atom. The van der Waals surface area contributed by atoms with Crippen molar-refractivity contribution in [2.75, 3.05) is 112 Å². The normalized spacial score (nSPS) is 13.3. The average molecular weight is 1840 g/mol. The van der Waals surface area contributed by atoms with E-state index in [1.807, 2.05) is 237 Å². The fourth-order valence-corrected chi connectivity index (χ4v) is 15.6. The Bertz CT molecular complexity index is 5820. The highest BCUT2D eigenvalue weighted by molar-refractivity contribution is 7.92. The maximum absolute atomic E-state index is 12.1. The quantitative estimate of drug-likeness (QED) is 0.0329. The van der Waals surface area contributed by atoms with Crippen molar-refractivity contribution in [2.45, 2.75) is 111 Å². The molecule has 692 valence electrons. The number of hydrogen-bond acceptors (Lipinski definition) is 20. The lowest BCUT2D eigenvalue weighted by molar-refractivity contribution is -0.118. The van der Waals surface area contributed by atoms with Crippen molar-refractivity contribution in [1.29, 1.82) is 0 Å². The van der Waals surface area contributed by atoms with Gasteiger partial charge in [-0.3, -0.25) is 62.3 Å². The predicted molar refractivity (Wildman–Crippen MR) is 516 cm³/mol. The average Bonchev–Trinajstić information content (AvgIpc) is 1.64. The van der Waals surface area contributed by atoms with E-state index < -0.39 is 17.8 Å². The van der Waals surface area contributed by atoms with Crippen molar-refractivity contribution >= 4 is 134 Å². The molecule has 0 bridgehead atoms. The molecule has 7 N–H and O–H groups in total. The van der Waals surface area contributed by atoms with E-state index in [2.05, 4.69) is 51.7 Å². The van der Waals surface area contributed by atoms with Crippen molar-refractivity contribution in [3.05, 3.63) is 302 Å². The summed E-state index contributed by atoms with van der Waals surface area (Å²) in [6.45, 7) is 29.5. The van der Waals surface area contributed by atoms with Crippen LogP contribution >= 0.6 is 19.3 Å². The molecule has 11 aromatic rings. The number of imide groups is 3. The largest absolute Gasteiger partial charge is 0.432 e. The summed E-state index contributed by atoms with van der Waals surface area (Å²) in [4.78, 5) is 121. The van der Waals surface area contributed by atoms with Gasteiger partial charge in [-0.15, -0.1) is 5.10 Å². The van der Waals surface area contributed by atoms with E-state index in [0.29, 0.717) is 64.3 Å². The van der Waals surface area contributed by atoms with Crippen LogP contribution in [0.15, 0.2) is 223 Å². The SMILES string of the molecule is C.CCOP(=O)(Nc1ccc(C)cc1)OCC.CCS(=O)(=O)N1CCc2ccc(C)cc21.CNC(=O)c1ccccc1.Cc1ccc(N2C(=O)CN(C)C2=O)cc1.Cc1ccc(N2C(=O)CNC2=O)cc1.Cc1ccc(N2CC(=O)NC2=O)cc1.Cc1ccc(N2CCNC2=O)cc1.Cc1ccc(NC(=O)c2c(C)noc2C)cc1.Cc1ccc(NC(=O)c2snnc2C)cc1. The third-order valence-electron chi connectivity index (χ3n) is 19.6. The van der Waals surface area contributed by atoms with Crippen LogP contribution in [0.4, 0.5) is 64.7 Å². The molecule has 35 heteroatoms. The van der Waals surface area contributed by atoms with Crippen LogP contribution in [0.5, 0.6) is 0 Å². The maximum Gasteiger partial charge on any atom is 0.432 e. The standard InChI is InChI=1S/C13H14N2O2.C11H11N3OS.C11H12N2O2.C11H18NO3P.C11H15NO2S.2C10H10N2O2.C10H12N2O.C8H9NO.CH4/c1-8-4-6-11(7-5-8)14-13(16)12-9(2)15-17-10(12)3;1-7-3-5-9(6-4-7)12-11(15)10-8(2)13-14-16-10;1-8-3-5-9(6-4-8)13-10(14)7-12(2)11(13)15;1-4-14-16(13,15-5-2)12-11-8-6-10(3)7-9-11;1-3-15(13,14)12-7-6-10-5-4-9(2)8-11(10)12;1-7-2-4-8(5-3-7)12-6-9(13)11-10(12)14;1-7-2-4-8(5-3-7)12-9(13)6-11-10(12)14;1-8-2-4-9(5-3-8)12-7-6-11-10(12)13;1-9-8(10)7-5-3-2-4-6-7;/h4-7H,1-3H3,(H,14,16);3-6H,1-2H3,(H,12,15);3-6H,7H2,1-2H3;6-9H,4-5H2,1-3H3,(H,12,13);4-5,8H,3,6-7H2,1-2H3;2-5H,6H2,1H3,(H,11,13,14);2-5H,6H2,1H3,(H,11,14);2-5H,6-7H2,1H3,(H,11,13);2-6H,1H3,(H,9,10);1H4. The fourth-order valence-electron chi connectivity index (χ4n) is 12.5. The minimum Gasteiger partial charge on any atom is -0.361 e. The van der Waals surface area contributed by atoms with Gasteiger partial charge in [-0.25, -0.2) is 42.0 Å². The molecule has 4 fully saturated rings. The van der Waals surface area contributed by atoms with Gasteiger partial charge in [-0.05, 0) is 229 Å². The molecule has 4 saturated heterocycles. The van der Waals surface area contributed by atoms with Crippen LogP contribution in [0.1, 0.15) is 126 Å². The number of nitrogens with one attached hydrogen (secondary N) is 7. The Hall–Kier alpha value is -14.1. The van der Waals surface area contributed by atoms with Crippen molar-refractivity contribution in [3.8, 4) is 0 Å². The highest BCUT2D eigenvalue weighted by Crippen LogP contribution is 2.47. The number of carbonyl (C=O) groups is 10. The van der Waals surface area contributed by atoms with Crippen molar-refractivity contribution in [2.24, 2.45) is 0 Å². The van der Waals surface area contributed by atoms with Crippen molar-refractivity contribution in [1.82, 2.24) is 40.9 Å². The third-order valence-corrected chi connectivity index (χ3v) is 24.0. The van der Waals surface area contributed by atoms with E-state index in [0.717, 1.165) is 115 Å². The van der Waals surface area contributed by atoms with Crippen LogP contribution in [-0.4, -0.2) is 160 Å². The molecule has 0 atom stereocenters. The summed E-state index contributed by atoms with van der Waals surface area (Å²) in [5.74, 6) is -0.324. The Morgan fingerprint density at radius 2 is 0.977 bits per heavy atom. The van der Waals surface area contributed by atoms with E-state index in [-0.39, 0.29) is 92.4 Å². The zero-order valence-electron chi connectivity index (χ0n) is 75.7. The maximum atomic E-state index is 12.1. The molecule has 2 aromatic heterocycles. The monoisotopic (exact) mass is 1840 g/mol. The van der Waals surface area contributed by atoms with E-state index in [1.165, 1.54) is 24.6 Å². The number of nitrogens with zero attached hydrogens (tertiary/aromatic N) is 9. The number of carbonyl (C=O) groups excluding carboxylic acids is 10. The van der Waals surface area contributed by atoms with Crippen LogP contribution in [0.2, 0.25) is 0 Å². The topological polar surface area (TPSA) is 396 Å². The van der Waals surface area contributed by atoms with E-state index in [9.17, 15) is 60.9 Å². The molecule has 5 aliphatic heterocycles. The lowest BCUT2D eigenvalue weighted by Crippen LogP contribution is -2.31. The van der Waals surface area contributed by atoms with Crippen molar-refractivity contribution in [3.63, 3.8) is 0 Å². The lowest BCUT2D eigenvalue weighted by atomic mass is 10.1. The Morgan fingerprint density at radius 3 is 1.38 bits per heavy atom. The molecule has 0 unspecified atom stereocenters. The molecule has 32 nitrogen and oxygen atoms in total. The summed E-state index contributed by atoms with van der Waals surface area (Å²) in [5, 5.41) is 26.0. The van der Waals surface area contributed by atoms with Gasteiger partial charge in [-0.2, -0.15) is 0 Å². The highest BCUT2D eigenvalue weighted by Gasteiger charge is 2.36. The number of aryl methyl sites for hydroxylation is 11. The molecule has 0 spiro atoms. The number of urea groups is 4. The second-order valence-electron chi connectivity index (χ2n) is 30.1. The van der Waals surface area contributed by atoms with Crippen LogP contribution in [0, 0.1) is 76.2 Å². The Kier molecular flexibility index (Phi) is 39.7. The van der Waals surface area contributed by atoms with Gasteiger partial charge >= 0.3 is 31.9 Å². The lowest BCUT2D eigenvalue weighted by Gasteiger charge is -2.18. The molecule has 5 aliphatic rings. The van der Waals surface area contributed by atoms with Gasteiger partial charge < -0.3 is 36.0 Å². The summed E-state index contributed by atoms with van der Waals surface area (Å²) >= 11 is 1.11. The van der Waals surface area contributed by atoms with Gasteiger partial charge in [0.2, 0.25) is 15.9 Å².